The van der Waals surface area contributed by atoms with Gasteiger partial charge in [0, 0.05) is 6.04 Å². The molecule has 0 saturated heterocycles. The molecule has 0 aliphatic rings. The Hall–Kier alpha value is -1.35. The van der Waals surface area contributed by atoms with E-state index in [1.165, 1.54) is 11.1 Å². The molecule has 0 aliphatic heterocycles. The zero-order valence-electron chi connectivity index (χ0n) is 11.5. The molecule has 1 unspecified atom stereocenters. The topological polar surface area (TPSA) is 38.3 Å². The summed E-state index contributed by atoms with van der Waals surface area (Å²) in [6.07, 6.45) is 1.42. The highest BCUT2D eigenvalue weighted by Crippen LogP contribution is 2.07. The van der Waals surface area contributed by atoms with E-state index in [0.29, 0.717) is 13.0 Å². The lowest BCUT2D eigenvalue weighted by molar-refractivity contribution is -0.143. The summed E-state index contributed by atoms with van der Waals surface area (Å²) < 4.78 is 4.92. The third-order valence-electron chi connectivity index (χ3n) is 2.93. The number of ether oxygens (including phenoxy) is 1. The van der Waals surface area contributed by atoms with Crippen molar-refractivity contribution in [3.63, 3.8) is 0 Å². The summed E-state index contributed by atoms with van der Waals surface area (Å²) in [5.74, 6) is -0.131. The molecule has 0 fully saturated rings. The summed E-state index contributed by atoms with van der Waals surface area (Å²) in [7, 11) is 0. The minimum absolute atomic E-state index is 0.131. The van der Waals surface area contributed by atoms with Gasteiger partial charge in [0.2, 0.25) is 0 Å². The lowest BCUT2D eigenvalue weighted by Gasteiger charge is -2.13. The van der Waals surface area contributed by atoms with Gasteiger partial charge in [-0.2, -0.15) is 0 Å². The van der Waals surface area contributed by atoms with Gasteiger partial charge in [0.05, 0.1) is 13.0 Å². The number of carbonyl (C=O) groups is 1. The zero-order valence-corrected chi connectivity index (χ0v) is 11.5. The van der Waals surface area contributed by atoms with E-state index in [1.807, 2.05) is 13.8 Å². The Balaban J connectivity index is 2.25. The van der Waals surface area contributed by atoms with Crippen LogP contribution in [0.2, 0.25) is 0 Å². The summed E-state index contributed by atoms with van der Waals surface area (Å²) in [5.41, 5.74) is 2.67. The van der Waals surface area contributed by atoms with Gasteiger partial charge in [0.25, 0.3) is 0 Å². The highest BCUT2D eigenvalue weighted by Gasteiger charge is 2.08. The molecule has 0 amide bonds. The van der Waals surface area contributed by atoms with Gasteiger partial charge in [-0.25, -0.2) is 0 Å². The molecule has 18 heavy (non-hydrogen) atoms. The second-order valence-corrected chi connectivity index (χ2v) is 4.54. The smallest absolute Gasteiger partial charge is 0.307 e. The first-order valence-electron chi connectivity index (χ1n) is 6.57. The van der Waals surface area contributed by atoms with E-state index in [4.69, 9.17) is 4.74 Å². The highest BCUT2D eigenvalue weighted by atomic mass is 16.5. The molecule has 0 aromatic heterocycles. The monoisotopic (exact) mass is 249 g/mol. The Morgan fingerprint density at radius 3 is 2.78 bits per heavy atom. The van der Waals surface area contributed by atoms with E-state index >= 15 is 0 Å². The third kappa shape index (κ3) is 5.32. The van der Waals surface area contributed by atoms with Crippen molar-refractivity contribution >= 4 is 5.97 Å². The standard InChI is InChI=1S/C15H23NO2/c1-4-18-15(17)11-13(3)16-10-9-14-8-6-5-7-12(14)2/h5-8,13,16H,4,9-11H2,1-3H3. The molecule has 1 aromatic rings. The van der Waals surface area contributed by atoms with Gasteiger partial charge in [0.15, 0.2) is 0 Å². The molecule has 1 atom stereocenters. The van der Waals surface area contributed by atoms with Crippen molar-refractivity contribution in [2.75, 3.05) is 13.2 Å². The van der Waals surface area contributed by atoms with Crippen LogP contribution >= 0.6 is 0 Å². The summed E-state index contributed by atoms with van der Waals surface area (Å²) in [5, 5.41) is 3.35. The first kappa shape index (κ1) is 14.7. The van der Waals surface area contributed by atoms with Gasteiger partial charge in [0.1, 0.15) is 0 Å². The molecule has 0 radical (unpaired) electrons. The van der Waals surface area contributed by atoms with Gasteiger partial charge >= 0.3 is 5.97 Å². The van der Waals surface area contributed by atoms with Crippen molar-refractivity contribution in [1.82, 2.24) is 5.32 Å². The predicted octanol–water partition coefficient (Wildman–Crippen LogP) is 2.47. The number of aryl methyl sites for hydroxylation is 1. The minimum atomic E-state index is -0.131. The molecule has 0 aliphatic carbocycles. The van der Waals surface area contributed by atoms with E-state index in [9.17, 15) is 4.79 Å². The number of hydrogen-bond acceptors (Lipinski definition) is 3. The van der Waals surface area contributed by atoms with Crippen molar-refractivity contribution in [3.05, 3.63) is 35.4 Å². The SMILES string of the molecule is CCOC(=O)CC(C)NCCc1ccccc1C. The molecule has 3 nitrogen and oxygen atoms in total. The van der Waals surface area contributed by atoms with Crippen LogP contribution in [0.5, 0.6) is 0 Å². The summed E-state index contributed by atoms with van der Waals surface area (Å²) in [6.45, 7) is 7.29. The van der Waals surface area contributed by atoms with Gasteiger partial charge < -0.3 is 10.1 Å². The maximum absolute atomic E-state index is 11.3. The van der Waals surface area contributed by atoms with Gasteiger partial charge in [-0.15, -0.1) is 0 Å². The second-order valence-electron chi connectivity index (χ2n) is 4.54. The first-order chi connectivity index (χ1) is 8.63. The van der Waals surface area contributed by atoms with Crippen LogP contribution in [0.3, 0.4) is 0 Å². The highest BCUT2D eigenvalue weighted by molar-refractivity contribution is 5.69. The molecule has 3 heteroatoms. The Kier molecular flexibility index (Phi) is 6.44. The Labute approximate surface area is 110 Å². The van der Waals surface area contributed by atoms with Crippen LogP contribution in [0.25, 0.3) is 0 Å². The number of benzene rings is 1. The number of carbonyl (C=O) groups excluding carboxylic acids is 1. The fourth-order valence-corrected chi connectivity index (χ4v) is 1.89. The minimum Gasteiger partial charge on any atom is -0.466 e. The average molecular weight is 249 g/mol. The largest absolute Gasteiger partial charge is 0.466 e. The molecule has 1 aromatic carbocycles. The molecule has 0 bridgehead atoms. The molecule has 100 valence electrons. The van der Waals surface area contributed by atoms with Crippen molar-refractivity contribution in [2.45, 2.75) is 39.7 Å². The van der Waals surface area contributed by atoms with E-state index < -0.39 is 0 Å². The van der Waals surface area contributed by atoms with Gasteiger partial charge in [-0.1, -0.05) is 24.3 Å². The third-order valence-corrected chi connectivity index (χ3v) is 2.93. The zero-order chi connectivity index (χ0) is 13.4. The van der Waals surface area contributed by atoms with Crippen LogP contribution in [0.1, 0.15) is 31.4 Å². The Morgan fingerprint density at radius 2 is 2.11 bits per heavy atom. The fraction of sp³-hybridized carbons (Fsp3) is 0.533. The molecule has 0 spiro atoms. The van der Waals surface area contributed by atoms with Crippen molar-refractivity contribution in [1.29, 1.82) is 0 Å². The summed E-state index contributed by atoms with van der Waals surface area (Å²) in [6, 6.07) is 8.54. The molecule has 0 saturated carbocycles. The van der Waals surface area contributed by atoms with E-state index in [0.717, 1.165) is 13.0 Å². The van der Waals surface area contributed by atoms with Crippen LogP contribution in [-0.4, -0.2) is 25.2 Å². The normalized spacial score (nSPS) is 12.2. The predicted molar refractivity (Wildman–Crippen MR) is 73.6 cm³/mol. The maximum atomic E-state index is 11.3. The van der Waals surface area contributed by atoms with Gasteiger partial charge in [-0.3, -0.25) is 4.79 Å². The summed E-state index contributed by atoms with van der Waals surface area (Å²) >= 11 is 0. The first-order valence-corrected chi connectivity index (χ1v) is 6.57. The van der Waals surface area contributed by atoms with Crippen molar-refractivity contribution in [2.24, 2.45) is 0 Å². The van der Waals surface area contributed by atoms with Crippen LogP contribution < -0.4 is 5.32 Å². The maximum Gasteiger partial charge on any atom is 0.307 e. The average Bonchev–Trinajstić information content (AvgIpc) is 2.31. The van der Waals surface area contributed by atoms with Crippen LogP contribution in [-0.2, 0) is 16.0 Å². The van der Waals surface area contributed by atoms with Crippen LogP contribution in [0.15, 0.2) is 24.3 Å². The Morgan fingerprint density at radius 1 is 1.39 bits per heavy atom. The van der Waals surface area contributed by atoms with E-state index in [1.54, 1.807) is 0 Å². The van der Waals surface area contributed by atoms with Crippen LogP contribution in [0.4, 0.5) is 0 Å². The lowest BCUT2D eigenvalue weighted by atomic mass is 10.1. The number of nitrogens with one attached hydrogen (secondary N) is 1. The van der Waals surface area contributed by atoms with Gasteiger partial charge in [-0.05, 0) is 44.9 Å². The van der Waals surface area contributed by atoms with E-state index in [2.05, 4.69) is 36.5 Å². The lowest BCUT2D eigenvalue weighted by Crippen LogP contribution is -2.31. The van der Waals surface area contributed by atoms with E-state index in [-0.39, 0.29) is 12.0 Å². The molecular formula is C15H23NO2. The fourth-order valence-electron chi connectivity index (χ4n) is 1.89. The second kappa shape index (κ2) is 7.88. The molecular weight excluding hydrogens is 226 g/mol. The quantitative estimate of drug-likeness (QED) is 0.754. The number of rotatable bonds is 7. The molecule has 1 rings (SSSR count). The number of esters is 1. The van der Waals surface area contributed by atoms with Crippen LogP contribution in [0, 0.1) is 6.92 Å². The Bertz CT molecular complexity index is 377. The molecule has 0 heterocycles. The molecule has 1 N–H and O–H groups in total. The van der Waals surface area contributed by atoms with Crippen molar-refractivity contribution in [3.8, 4) is 0 Å². The number of hydrogen-bond donors (Lipinski definition) is 1. The summed E-state index contributed by atoms with van der Waals surface area (Å²) in [4.78, 5) is 11.3. The van der Waals surface area contributed by atoms with Crippen molar-refractivity contribution < 1.29 is 9.53 Å².